The molecule has 132 valence electrons. The zero-order valence-electron chi connectivity index (χ0n) is 14.6. The maximum absolute atomic E-state index is 12.1. The SMILES string of the molecule is Cc1cc2c(C(N)=O)c(N)c(-c3c(C)c(O)cc4[nH]ncc34)n2nc1C. The van der Waals surface area contributed by atoms with E-state index in [2.05, 4.69) is 15.3 Å². The van der Waals surface area contributed by atoms with E-state index in [-0.39, 0.29) is 17.0 Å². The number of nitrogens with one attached hydrogen (secondary N) is 1. The number of anilines is 1. The topological polar surface area (TPSA) is 135 Å². The second-order valence-corrected chi connectivity index (χ2v) is 6.44. The van der Waals surface area contributed by atoms with Crippen molar-refractivity contribution in [3.05, 3.63) is 40.7 Å². The predicted octanol–water partition coefficient (Wildman–Crippen LogP) is 2.19. The number of aryl methyl sites for hydroxylation is 2. The van der Waals surface area contributed by atoms with E-state index in [9.17, 15) is 9.90 Å². The molecule has 0 radical (unpaired) electrons. The minimum atomic E-state index is -0.627. The Kier molecular flexibility index (Phi) is 3.20. The first-order valence-electron chi connectivity index (χ1n) is 8.05. The quantitative estimate of drug-likeness (QED) is 0.439. The molecule has 1 aromatic carbocycles. The van der Waals surface area contributed by atoms with Gasteiger partial charge in [-0.3, -0.25) is 9.89 Å². The summed E-state index contributed by atoms with van der Waals surface area (Å²) in [5, 5.41) is 22.6. The van der Waals surface area contributed by atoms with Gasteiger partial charge in [-0.15, -0.1) is 0 Å². The van der Waals surface area contributed by atoms with Gasteiger partial charge in [-0.2, -0.15) is 10.2 Å². The largest absolute Gasteiger partial charge is 0.508 e. The summed E-state index contributed by atoms with van der Waals surface area (Å²) in [5.74, 6) is -0.534. The number of phenols is 1. The Balaban J connectivity index is 2.26. The Morgan fingerprint density at radius 2 is 2.00 bits per heavy atom. The third kappa shape index (κ3) is 1.98. The van der Waals surface area contributed by atoms with Crippen molar-refractivity contribution in [2.45, 2.75) is 20.8 Å². The minimum Gasteiger partial charge on any atom is -0.508 e. The Hall–Kier alpha value is -3.55. The number of aromatic amines is 1. The van der Waals surface area contributed by atoms with Crippen LogP contribution >= 0.6 is 0 Å². The lowest BCUT2D eigenvalue weighted by molar-refractivity contribution is 0.100. The van der Waals surface area contributed by atoms with Crippen molar-refractivity contribution in [2.24, 2.45) is 5.73 Å². The molecular weight excluding hydrogens is 332 g/mol. The van der Waals surface area contributed by atoms with Crippen molar-refractivity contribution in [3.63, 3.8) is 0 Å². The van der Waals surface area contributed by atoms with Crippen LogP contribution in [0.4, 0.5) is 5.69 Å². The molecule has 0 atom stereocenters. The van der Waals surface area contributed by atoms with Crippen molar-refractivity contribution in [1.82, 2.24) is 19.8 Å². The highest BCUT2D eigenvalue weighted by molar-refractivity contribution is 6.11. The number of nitrogens with two attached hydrogens (primary N) is 2. The Morgan fingerprint density at radius 1 is 1.27 bits per heavy atom. The van der Waals surface area contributed by atoms with Gasteiger partial charge < -0.3 is 16.6 Å². The second kappa shape index (κ2) is 5.22. The number of aromatic hydroxyl groups is 1. The number of rotatable bonds is 2. The number of aromatic nitrogens is 4. The number of phenolic OH excluding ortho intramolecular Hbond substituents is 1. The molecule has 3 aromatic heterocycles. The van der Waals surface area contributed by atoms with Crippen molar-refractivity contribution in [3.8, 4) is 17.0 Å². The number of nitrogen functional groups attached to an aromatic ring is 1. The number of primary amides is 1. The summed E-state index contributed by atoms with van der Waals surface area (Å²) >= 11 is 0. The van der Waals surface area contributed by atoms with Crippen LogP contribution in [-0.4, -0.2) is 30.8 Å². The lowest BCUT2D eigenvalue weighted by Crippen LogP contribution is -2.12. The number of carbonyl (C=O) groups is 1. The van der Waals surface area contributed by atoms with Gasteiger partial charge in [-0.05, 0) is 32.4 Å². The van der Waals surface area contributed by atoms with Crippen molar-refractivity contribution in [2.75, 3.05) is 5.73 Å². The van der Waals surface area contributed by atoms with Crippen molar-refractivity contribution >= 4 is 28.0 Å². The van der Waals surface area contributed by atoms with Crippen LogP contribution in [0.15, 0.2) is 18.3 Å². The van der Waals surface area contributed by atoms with Gasteiger partial charge in [0.15, 0.2) is 0 Å². The average Bonchev–Trinajstić information content (AvgIpc) is 3.12. The van der Waals surface area contributed by atoms with Crippen LogP contribution in [0, 0.1) is 20.8 Å². The van der Waals surface area contributed by atoms with Gasteiger partial charge in [0, 0.05) is 22.6 Å². The van der Waals surface area contributed by atoms with Gasteiger partial charge in [0.1, 0.15) is 5.75 Å². The summed E-state index contributed by atoms with van der Waals surface area (Å²) < 4.78 is 1.62. The summed E-state index contributed by atoms with van der Waals surface area (Å²) in [6.07, 6.45) is 1.65. The van der Waals surface area contributed by atoms with Gasteiger partial charge in [-0.25, -0.2) is 4.52 Å². The van der Waals surface area contributed by atoms with Crippen molar-refractivity contribution in [1.29, 1.82) is 0 Å². The van der Waals surface area contributed by atoms with E-state index in [4.69, 9.17) is 11.5 Å². The van der Waals surface area contributed by atoms with E-state index in [1.165, 1.54) is 0 Å². The summed E-state index contributed by atoms with van der Waals surface area (Å²) in [7, 11) is 0. The molecular formula is C18H18N6O2. The Labute approximate surface area is 148 Å². The third-order valence-corrected chi connectivity index (χ3v) is 4.86. The van der Waals surface area contributed by atoms with E-state index in [1.54, 1.807) is 23.7 Å². The molecule has 0 spiro atoms. The third-order valence-electron chi connectivity index (χ3n) is 4.86. The van der Waals surface area contributed by atoms with Crippen LogP contribution in [0.25, 0.3) is 27.7 Å². The maximum Gasteiger partial charge on any atom is 0.253 e. The fraction of sp³-hybridized carbons (Fsp3) is 0.167. The number of H-pyrrole nitrogens is 1. The maximum atomic E-state index is 12.1. The molecule has 6 N–H and O–H groups in total. The molecule has 0 bridgehead atoms. The zero-order chi connectivity index (χ0) is 18.7. The minimum absolute atomic E-state index is 0.0931. The number of nitrogens with zero attached hydrogens (tertiary/aromatic N) is 3. The average molecular weight is 350 g/mol. The molecule has 0 fully saturated rings. The Morgan fingerprint density at radius 3 is 2.69 bits per heavy atom. The van der Waals surface area contributed by atoms with Crippen LogP contribution in [0.1, 0.15) is 27.2 Å². The Bertz CT molecular complexity index is 1220. The van der Waals surface area contributed by atoms with Gasteiger partial charge in [-0.1, -0.05) is 0 Å². The van der Waals surface area contributed by atoms with E-state index in [0.717, 1.165) is 16.6 Å². The van der Waals surface area contributed by atoms with Crippen LogP contribution in [-0.2, 0) is 0 Å². The zero-order valence-corrected chi connectivity index (χ0v) is 14.6. The molecule has 26 heavy (non-hydrogen) atoms. The summed E-state index contributed by atoms with van der Waals surface area (Å²) in [6, 6.07) is 3.44. The number of hydrogen-bond donors (Lipinski definition) is 4. The standard InChI is InChI=1S/C18H18N6O2/c1-7-4-12-15(18(20)26)16(19)17(24(12)23-9(7)3)14-8(2)13(25)5-11-10(14)6-21-22-11/h4-6,25H,19H2,1-3H3,(H2,20,26)(H,21,22). The molecule has 0 aliphatic carbocycles. The summed E-state index contributed by atoms with van der Waals surface area (Å²) in [5.41, 5.74) is 17.1. The van der Waals surface area contributed by atoms with Gasteiger partial charge in [0.2, 0.25) is 0 Å². The molecule has 3 heterocycles. The lowest BCUT2D eigenvalue weighted by Gasteiger charge is -2.11. The molecule has 0 aliphatic heterocycles. The van der Waals surface area contributed by atoms with E-state index < -0.39 is 5.91 Å². The van der Waals surface area contributed by atoms with Crippen molar-refractivity contribution < 1.29 is 9.90 Å². The lowest BCUT2D eigenvalue weighted by atomic mass is 9.99. The number of fused-ring (bicyclic) bond motifs is 2. The molecule has 4 aromatic rings. The predicted molar refractivity (Wildman–Crippen MR) is 99.1 cm³/mol. The highest BCUT2D eigenvalue weighted by atomic mass is 16.3. The summed E-state index contributed by atoms with van der Waals surface area (Å²) in [4.78, 5) is 12.1. The molecule has 8 nitrogen and oxygen atoms in total. The first-order valence-corrected chi connectivity index (χ1v) is 8.05. The smallest absolute Gasteiger partial charge is 0.253 e. The van der Waals surface area contributed by atoms with Gasteiger partial charge in [0.05, 0.1) is 39.9 Å². The highest BCUT2D eigenvalue weighted by Gasteiger charge is 2.26. The first kappa shape index (κ1) is 15.9. The first-order chi connectivity index (χ1) is 12.3. The van der Waals surface area contributed by atoms with Gasteiger partial charge in [0.25, 0.3) is 5.91 Å². The monoisotopic (exact) mass is 350 g/mol. The molecule has 0 saturated heterocycles. The molecule has 0 aliphatic rings. The number of carbonyl (C=O) groups excluding carboxylic acids is 1. The van der Waals surface area contributed by atoms with E-state index in [0.29, 0.717) is 27.9 Å². The van der Waals surface area contributed by atoms with E-state index in [1.807, 2.05) is 19.9 Å². The van der Waals surface area contributed by atoms with E-state index >= 15 is 0 Å². The normalized spacial score (nSPS) is 11.5. The van der Waals surface area contributed by atoms with Gasteiger partial charge >= 0.3 is 0 Å². The fourth-order valence-corrected chi connectivity index (χ4v) is 3.36. The second-order valence-electron chi connectivity index (χ2n) is 6.44. The molecule has 0 unspecified atom stereocenters. The van der Waals surface area contributed by atoms with Crippen LogP contribution in [0.3, 0.4) is 0 Å². The summed E-state index contributed by atoms with van der Waals surface area (Å²) in [6.45, 7) is 5.56. The molecule has 8 heteroatoms. The molecule has 1 amide bonds. The molecule has 4 rings (SSSR count). The highest BCUT2D eigenvalue weighted by Crippen LogP contribution is 2.41. The molecule has 0 saturated carbocycles. The fourth-order valence-electron chi connectivity index (χ4n) is 3.36. The number of hydrogen-bond acceptors (Lipinski definition) is 5. The number of benzene rings is 1. The number of amides is 1. The van der Waals surface area contributed by atoms with Crippen LogP contribution < -0.4 is 11.5 Å². The van der Waals surface area contributed by atoms with Crippen LogP contribution in [0.2, 0.25) is 0 Å². The van der Waals surface area contributed by atoms with Crippen LogP contribution in [0.5, 0.6) is 5.75 Å².